The quantitative estimate of drug-likeness (QED) is 0.494. The predicted octanol–water partition coefficient (Wildman–Crippen LogP) is 4.56. The molecule has 0 unspecified atom stereocenters. The van der Waals surface area contributed by atoms with Crippen molar-refractivity contribution in [1.82, 2.24) is 20.3 Å². The van der Waals surface area contributed by atoms with Gasteiger partial charge in [-0.3, -0.25) is 4.98 Å². The molecule has 1 atom stereocenters. The van der Waals surface area contributed by atoms with Crippen LogP contribution in [0, 0.1) is 6.92 Å². The molecule has 3 rings (SSSR count). The standard InChI is InChI=1S/C23H28N6O2/c1-5-18(17-8-7-11-24-14-17)27-21-15(3)13-26-22(29-21)16-9-10-19(20(12-16)31-4)28-23(30)25-6-2/h7-14,18H,5-6H2,1-4H3,(H2,25,28,30)(H,26,27,29)/t18-/m0/s1. The first-order chi connectivity index (χ1) is 15.0. The maximum atomic E-state index is 11.9. The number of nitrogens with zero attached hydrogens (tertiary/aromatic N) is 3. The van der Waals surface area contributed by atoms with Crippen LogP contribution in [0.15, 0.2) is 48.9 Å². The molecule has 31 heavy (non-hydrogen) atoms. The van der Waals surface area contributed by atoms with Crippen LogP contribution in [0.3, 0.4) is 0 Å². The fourth-order valence-corrected chi connectivity index (χ4v) is 3.16. The summed E-state index contributed by atoms with van der Waals surface area (Å²) < 4.78 is 5.46. The molecule has 0 aliphatic heterocycles. The molecule has 2 aromatic heterocycles. The first-order valence-electron chi connectivity index (χ1n) is 10.3. The summed E-state index contributed by atoms with van der Waals surface area (Å²) >= 11 is 0. The Morgan fingerprint density at radius 3 is 2.71 bits per heavy atom. The summed E-state index contributed by atoms with van der Waals surface area (Å²) in [5.74, 6) is 1.87. The minimum atomic E-state index is -0.285. The lowest BCUT2D eigenvalue weighted by atomic mass is 10.1. The third kappa shape index (κ3) is 5.48. The van der Waals surface area contributed by atoms with Crippen LogP contribution in [0.2, 0.25) is 0 Å². The summed E-state index contributed by atoms with van der Waals surface area (Å²) in [5, 5.41) is 8.99. The Balaban J connectivity index is 1.87. The number of rotatable bonds is 8. The number of methoxy groups -OCH3 is 1. The summed E-state index contributed by atoms with van der Waals surface area (Å²) in [6.45, 7) is 6.49. The van der Waals surface area contributed by atoms with E-state index in [-0.39, 0.29) is 12.1 Å². The Morgan fingerprint density at radius 2 is 2.03 bits per heavy atom. The molecule has 0 saturated heterocycles. The Kier molecular flexibility index (Phi) is 7.37. The Labute approximate surface area is 182 Å². The number of urea groups is 1. The van der Waals surface area contributed by atoms with Gasteiger partial charge in [-0.25, -0.2) is 14.8 Å². The van der Waals surface area contributed by atoms with Crippen LogP contribution >= 0.6 is 0 Å². The van der Waals surface area contributed by atoms with Gasteiger partial charge in [0.05, 0.1) is 18.8 Å². The number of aryl methyl sites for hydroxylation is 1. The second-order valence-electron chi connectivity index (χ2n) is 7.02. The van der Waals surface area contributed by atoms with Gasteiger partial charge in [0.1, 0.15) is 11.6 Å². The van der Waals surface area contributed by atoms with E-state index in [1.54, 1.807) is 25.6 Å². The molecule has 8 heteroatoms. The summed E-state index contributed by atoms with van der Waals surface area (Å²) in [4.78, 5) is 25.3. The number of pyridine rings is 1. The Bertz CT molecular complexity index is 1030. The maximum absolute atomic E-state index is 11.9. The van der Waals surface area contributed by atoms with Crippen LogP contribution in [0.1, 0.15) is 37.4 Å². The molecule has 3 aromatic rings. The lowest BCUT2D eigenvalue weighted by Crippen LogP contribution is -2.28. The molecular formula is C23H28N6O2. The zero-order chi connectivity index (χ0) is 22.2. The highest BCUT2D eigenvalue weighted by molar-refractivity contribution is 5.91. The van der Waals surface area contributed by atoms with Crippen molar-refractivity contribution in [3.05, 3.63) is 60.0 Å². The summed E-state index contributed by atoms with van der Waals surface area (Å²) in [6, 6.07) is 9.24. The fraction of sp³-hybridized carbons (Fsp3) is 0.304. The van der Waals surface area contributed by atoms with Gasteiger partial charge >= 0.3 is 6.03 Å². The lowest BCUT2D eigenvalue weighted by Gasteiger charge is -2.19. The number of carbonyl (C=O) groups is 1. The van der Waals surface area contributed by atoms with Crippen LogP contribution in [0.4, 0.5) is 16.3 Å². The van der Waals surface area contributed by atoms with Gasteiger partial charge in [-0.1, -0.05) is 13.0 Å². The molecule has 1 aromatic carbocycles. The average molecular weight is 421 g/mol. The normalized spacial score (nSPS) is 11.5. The number of ether oxygens (including phenoxy) is 1. The number of amides is 2. The van der Waals surface area contributed by atoms with Gasteiger partial charge in [-0.15, -0.1) is 0 Å². The van der Waals surface area contributed by atoms with Gasteiger partial charge in [-0.05, 0) is 50.1 Å². The molecular weight excluding hydrogens is 392 g/mol. The zero-order valence-corrected chi connectivity index (χ0v) is 18.3. The number of nitrogens with one attached hydrogen (secondary N) is 3. The second-order valence-corrected chi connectivity index (χ2v) is 7.02. The lowest BCUT2D eigenvalue weighted by molar-refractivity contribution is 0.252. The number of anilines is 2. The van der Waals surface area contributed by atoms with Crippen LogP contribution in [-0.4, -0.2) is 34.6 Å². The van der Waals surface area contributed by atoms with E-state index in [9.17, 15) is 4.79 Å². The molecule has 0 saturated carbocycles. The highest BCUT2D eigenvalue weighted by atomic mass is 16.5. The molecule has 162 valence electrons. The van der Waals surface area contributed by atoms with E-state index in [0.717, 1.165) is 28.9 Å². The van der Waals surface area contributed by atoms with Crippen molar-refractivity contribution in [2.24, 2.45) is 0 Å². The predicted molar refractivity (Wildman–Crippen MR) is 122 cm³/mol. The third-order valence-corrected chi connectivity index (χ3v) is 4.82. The third-order valence-electron chi connectivity index (χ3n) is 4.82. The molecule has 0 radical (unpaired) electrons. The van der Waals surface area contributed by atoms with Crippen LogP contribution < -0.4 is 20.7 Å². The van der Waals surface area contributed by atoms with Crippen molar-refractivity contribution in [3.8, 4) is 17.1 Å². The second kappa shape index (κ2) is 10.4. The summed E-state index contributed by atoms with van der Waals surface area (Å²) in [5.41, 5.74) is 3.42. The summed E-state index contributed by atoms with van der Waals surface area (Å²) in [7, 11) is 1.56. The molecule has 0 aliphatic carbocycles. The van der Waals surface area contributed by atoms with Gasteiger partial charge in [-0.2, -0.15) is 0 Å². The van der Waals surface area contributed by atoms with Gasteiger partial charge in [0.2, 0.25) is 0 Å². The fourth-order valence-electron chi connectivity index (χ4n) is 3.16. The van der Waals surface area contributed by atoms with Crippen molar-refractivity contribution in [3.63, 3.8) is 0 Å². The SMILES string of the molecule is CCNC(=O)Nc1ccc(-c2ncc(C)c(N[C@@H](CC)c3cccnc3)n2)cc1OC. The number of benzene rings is 1. The highest BCUT2D eigenvalue weighted by Gasteiger charge is 2.15. The van der Waals surface area contributed by atoms with Crippen LogP contribution in [0.5, 0.6) is 5.75 Å². The molecule has 0 aliphatic rings. The van der Waals surface area contributed by atoms with E-state index in [4.69, 9.17) is 9.72 Å². The first kappa shape index (κ1) is 22.0. The Hall–Kier alpha value is -3.68. The van der Waals surface area contributed by atoms with E-state index in [1.807, 2.05) is 38.2 Å². The Morgan fingerprint density at radius 1 is 1.19 bits per heavy atom. The van der Waals surface area contributed by atoms with Crippen molar-refractivity contribution in [2.45, 2.75) is 33.2 Å². The zero-order valence-electron chi connectivity index (χ0n) is 18.3. The first-order valence-corrected chi connectivity index (χ1v) is 10.3. The van der Waals surface area contributed by atoms with Crippen molar-refractivity contribution >= 4 is 17.5 Å². The van der Waals surface area contributed by atoms with Crippen molar-refractivity contribution in [2.75, 3.05) is 24.3 Å². The van der Waals surface area contributed by atoms with E-state index >= 15 is 0 Å². The highest BCUT2D eigenvalue weighted by Crippen LogP contribution is 2.31. The van der Waals surface area contributed by atoms with E-state index in [2.05, 4.69) is 38.9 Å². The van der Waals surface area contributed by atoms with Crippen LogP contribution in [0.25, 0.3) is 11.4 Å². The minimum absolute atomic E-state index is 0.0911. The molecule has 0 bridgehead atoms. The monoisotopic (exact) mass is 420 g/mol. The van der Waals surface area contributed by atoms with Gasteiger partial charge in [0.25, 0.3) is 0 Å². The van der Waals surface area contributed by atoms with Gasteiger partial charge in [0, 0.05) is 36.3 Å². The average Bonchev–Trinajstić information content (AvgIpc) is 2.79. The minimum Gasteiger partial charge on any atom is -0.495 e. The number of hydrogen-bond donors (Lipinski definition) is 3. The van der Waals surface area contributed by atoms with E-state index in [0.29, 0.717) is 23.8 Å². The van der Waals surface area contributed by atoms with E-state index in [1.165, 1.54) is 0 Å². The number of hydrogen-bond acceptors (Lipinski definition) is 6. The van der Waals surface area contributed by atoms with Gasteiger partial charge < -0.3 is 20.7 Å². The topological polar surface area (TPSA) is 101 Å². The van der Waals surface area contributed by atoms with E-state index < -0.39 is 0 Å². The van der Waals surface area contributed by atoms with Gasteiger partial charge in [0.15, 0.2) is 5.82 Å². The molecule has 0 fully saturated rings. The number of carbonyl (C=O) groups excluding carboxylic acids is 1. The summed E-state index contributed by atoms with van der Waals surface area (Å²) in [6.07, 6.45) is 6.32. The number of aromatic nitrogens is 3. The molecule has 3 N–H and O–H groups in total. The largest absolute Gasteiger partial charge is 0.495 e. The smallest absolute Gasteiger partial charge is 0.319 e. The molecule has 2 amide bonds. The molecule has 8 nitrogen and oxygen atoms in total. The van der Waals surface area contributed by atoms with Crippen LogP contribution in [-0.2, 0) is 0 Å². The molecule has 0 spiro atoms. The molecule has 2 heterocycles. The maximum Gasteiger partial charge on any atom is 0.319 e. The van der Waals surface area contributed by atoms with Crippen molar-refractivity contribution < 1.29 is 9.53 Å². The van der Waals surface area contributed by atoms with Crippen molar-refractivity contribution in [1.29, 1.82) is 0 Å².